The molecule has 0 bridgehead atoms. The van der Waals surface area contributed by atoms with Crippen molar-refractivity contribution in [1.29, 1.82) is 0 Å². The smallest absolute Gasteiger partial charge is 0.126 e. The summed E-state index contributed by atoms with van der Waals surface area (Å²) in [6, 6.07) is 14.4. The molecule has 0 unspecified atom stereocenters. The minimum absolute atomic E-state index is 0.370. The second kappa shape index (κ2) is 7.87. The van der Waals surface area contributed by atoms with Gasteiger partial charge in [0.05, 0.1) is 6.61 Å². The fourth-order valence-corrected chi connectivity index (χ4v) is 4.68. The zero-order chi connectivity index (χ0) is 19.8. The summed E-state index contributed by atoms with van der Waals surface area (Å²) in [5.74, 6) is -0.370. The van der Waals surface area contributed by atoms with E-state index in [0.717, 1.165) is 15.0 Å². The molecular formula is C21H21FO5S. The Bertz CT molecular complexity index is 939. The maximum Gasteiger partial charge on any atom is 0.126 e. The van der Waals surface area contributed by atoms with Crippen molar-refractivity contribution in [1.82, 2.24) is 0 Å². The molecule has 4 N–H and O–H groups in total. The van der Waals surface area contributed by atoms with Gasteiger partial charge in [-0.3, -0.25) is 0 Å². The SMILES string of the molecule is OC[C@@H]1O[C@H](c2ccc(F)c(Cc3cc4ccccc4s3)c2)[C@H](O)[C@@H](O)[C@@H]1O. The molecule has 1 aliphatic heterocycles. The van der Waals surface area contributed by atoms with Gasteiger partial charge in [-0.2, -0.15) is 0 Å². The molecule has 1 saturated heterocycles. The lowest BCUT2D eigenvalue weighted by Gasteiger charge is -2.40. The monoisotopic (exact) mass is 404 g/mol. The third-order valence-electron chi connectivity index (χ3n) is 5.13. The van der Waals surface area contributed by atoms with E-state index in [1.54, 1.807) is 17.4 Å². The second-order valence-electron chi connectivity index (χ2n) is 7.03. The van der Waals surface area contributed by atoms with Crippen LogP contribution in [-0.2, 0) is 11.2 Å². The Morgan fingerprint density at radius 3 is 2.50 bits per heavy atom. The van der Waals surface area contributed by atoms with E-state index in [1.165, 1.54) is 12.1 Å². The molecule has 7 heteroatoms. The fourth-order valence-electron chi connectivity index (χ4n) is 3.60. The van der Waals surface area contributed by atoms with Crippen LogP contribution in [0.25, 0.3) is 10.1 Å². The van der Waals surface area contributed by atoms with Crippen molar-refractivity contribution in [2.24, 2.45) is 0 Å². The molecule has 2 aromatic carbocycles. The molecule has 3 aromatic rings. The van der Waals surface area contributed by atoms with E-state index < -0.39 is 37.1 Å². The van der Waals surface area contributed by atoms with E-state index in [4.69, 9.17) is 4.74 Å². The van der Waals surface area contributed by atoms with Gasteiger partial charge in [0.15, 0.2) is 0 Å². The summed E-state index contributed by atoms with van der Waals surface area (Å²) in [6.07, 6.45) is -5.87. The molecule has 0 amide bonds. The van der Waals surface area contributed by atoms with Crippen LogP contribution in [0.15, 0.2) is 48.5 Å². The highest BCUT2D eigenvalue weighted by Gasteiger charge is 2.44. The minimum atomic E-state index is -1.47. The zero-order valence-corrected chi connectivity index (χ0v) is 15.7. The van der Waals surface area contributed by atoms with E-state index in [-0.39, 0.29) is 5.82 Å². The maximum absolute atomic E-state index is 14.4. The lowest BCUT2D eigenvalue weighted by atomic mass is 9.90. The molecule has 0 spiro atoms. The largest absolute Gasteiger partial charge is 0.394 e. The number of thiophene rings is 1. The van der Waals surface area contributed by atoms with Gasteiger partial charge in [0.1, 0.15) is 36.3 Å². The summed E-state index contributed by atoms with van der Waals surface area (Å²) in [7, 11) is 0. The molecule has 5 atom stereocenters. The van der Waals surface area contributed by atoms with Crippen molar-refractivity contribution in [3.05, 3.63) is 70.4 Å². The third kappa shape index (κ3) is 3.57. The van der Waals surface area contributed by atoms with Gasteiger partial charge in [-0.15, -0.1) is 11.3 Å². The Hall–Kier alpha value is -1.87. The molecule has 0 radical (unpaired) electrons. The van der Waals surface area contributed by atoms with E-state index in [1.807, 2.05) is 30.3 Å². The van der Waals surface area contributed by atoms with Gasteiger partial charge >= 0.3 is 0 Å². The Morgan fingerprint density at radius 1 is 0.964 bits per heavy atom. The van der Waals surface area contributed by atoms with E-state index in [9.17, 15) is 24.8 Å². The molecule has 1 aromatic heterocycles. The number of aliphatic hydroxyl groups is 4. The molecule has 148 valence electrons. The third-order valence-corrected chi connectivity index (χ3v) is 6.25. The Morgan fingerprint density at radius 2 is 1.75 bits per heavy atom. The first-order valence-corrected chi connectivity index (χ1v) is 9.86. The van der Waals surface area contributed by atoms with Gasteiger partial charge in [0.25, 0.3) is 0 Å². The predicted octanol–water partition coefficient (Wildman–Crippen LogP) is 2.15. The average Bonchev–Trinajstić information content (AvgIpc) is 3.11. The topological polar surface area (TPSA) is 90.2 Å². The van der Waals surface area contributed by atoms with Gasteiger partial charge < -0.3 is 25.2 Å². The summed E-state index contributed by atoms with van der Waals surface area (Å²) < 4.78 is 21.1. The number of halogens is 1. The van der Waals surface area contributed by atoms with Crippen molar-refractivity contribution in [3.63, 3.8) is 0 Å². The minimum Gasteiger partial charge on any atom is -0.394 e. The highest BCUT2D eigenvalue weighted by atomic mass is 32.1. The standard InChI is InChI=1S/C21H21FO5S/c22-15-6-5-12(21-20(26)19(25)18(24)16(10-23)27-21)7-13(15)9-14-8-11-3-1-2-4-17(11)28-14/h1-8,16,18-21,23-26H,9-10H2/t16-,18+,19-,20+,21+/m0/s1. The first-order valence-electron chi connectivity index (χ1n) is 9.04. The van der Waals surface area contributed by atoms with Crippen LogP contribution in [0.1, 0.15) is 22.1 Å². The average molecular weight is 404 g/mol. The predicted molar refractivity (Wildman–Crippen MR) is 104 cm³/mol. The lowest BCUT2D eigenvalue weighted by Crippen LogP contribution is -2.55. The van der Waals surface area contributed by atoms with Crippen LogP contribution in [0.5, 0.6) is 0 Å². The quantitative estimate of drug-likeness (QED) is 0.535. The van der Waals surface area contributed by atoms with Crippen LogP contribution in [-0.4, -0.2) is 51.4 Å². The summed E-state index contributed by atoms with van der Waals surface area (Å²) in [6.45, 7) is -0.503. The second-order valence-corrected chi connectivity index (χ2v) is 8.20. The molecule has 1 fully saturated rings. The van der Waals surface area contributed by atoms with Crippen LogP contribution in [0.4, 0.5) is 4.39 Å². The number of hydrogen-bond donors (Lipinski definition) is 4. The highest BCUT2D eigenvalue weighted by molar-refractivity contribution is 7.19. The lowest BCUT2D eigenvalue weighted by molar-refractivity contribution is -0.231. The molecule has 1 aliphatic rings. The number of fused-ring (bicyclic) bond motifs is 1. The van der Waals surface area contributed by atoms with Crippen LogP contribution in [0.2, 0.25) is 0 Å². The summed E-state index contributed by atoms with van der Waals surface area (Å²) in [5, 5.41) is 40.7. The van der Waals surface area contributed by atoms with Crippen molar-refractivity contribution in [2.75, 3.05) is 6.61 Å². The summed E-state index contributed by atoms with van der Waals surface area (Å²) in [4.78, 5) is 1.01. The molecule has 28 heavy (non-hydrogen) atoms. The molecule has 4 rings (SSSR count). The maximum atomic E-state index is 14.4. The van der Waals surface area contributed by atoms with Crippen LogP contribution < -0.4 is 0 Å². The van der Waals surface area contributed by atoms with Crippen molar-refractivity contribution in [2.45, 2.75) is 36.9 Å². The molecule has 0 aliphatic carbocycles. The molecule has 5 nitrogen and oxygen atoms in total. The summed E-state index contributed by atoms with van der Waals surface area (Å²) in [5.41, 5.74) is 0.926. The van der Waals surface area contributed by atoms with Crippen LogP contribution >= 0.6 is 11.3 Å². The number of rotatable bonds is 4. The van der Waals surface area contributed by atoms with Crippen molar-refractivity contribution in [3.8, 4) is 0 Å². The fraction of sp³-hybridized carbons (Fsp3) is 0.333. The van der Waals surface area contributed by atoms with E-state index >= 15 is 0 Å². The van der Waals surface area contributed by atoms with Crippen LogP contribution in [0.3, 0.4) is 0 Å². The molecule has 2 heterocycles. The van der Waals surface area contributed by atoms with E-state index in [0.29, 0.717) is 17.5 Å². The van der Waals surface area contributed by atoms with E-state index in [2.05, 4.69) is 0 Å². The van der Waals surface area contributed by atoms with Crippen molar-refractivity contribution >= 4 is 21.4 Å². The number of benzene rings is 2. The molecule has 0 saturated carbocycles. The van der Waals surface area contributed by atoms with Gasteiger partial charge in [-0.05, 0) is 40.8 Å². The number of hydrogen-bond acceptors (Lipinski definition) is 6. The van der Waals surface area contributed by atoms with Gasteiger partial charge in [0, 0.05) is 16.0 Å². The summed E-state index contributed by atoms with van der Waals surface area (Å²) >= 11 is 1.59. The van der Waals surface area contributed by atoms with Gasteiger partial charge in [0.2, 0.25) is 0 Å². The Balaban J connectivity index is 1.63. The first kappa shape index (κ1) is 19.4. The van der Waals surface area contributed by atoms with Gasteiger partial charge in [-0.25, -0.2) is 4.39 Å². The zero-order valence-electron chi connectivity index (χ0n) is 14.9. The van der Waals surface area contributed by atoms with Crippen molar-refractivity contribution < 1.29 is 29.6 Å². The Kier molecular flexibility index (Phi) is 5.46. The first-order chi connectivity index (χ1) is 13.5. The normalized spacial score (nSPS) is 28.0. The number of aliphatic hydroxyl groups excluding tert-OH is 4. The Labute approximate surface area is 165 Å². The number of ether oxygens (including phenoxy) is 1. The highest BCUT2D eigenvalue weighted by Crippen LogP contribution is 2.34. The molecular weight excluding hydrogens is 383 g/mol. The van der Waals surface area contributed by atoms with Crippen LogP contribution in [0, 0.1) is 5.82 Å². The van der Waals surface area contributed by atoms with Gasteiger partial charge in [-0.1, -0.05) is 24.3 Å².